The molecule has 5 heteroatoms. The zero-order chi connectivity index (χ0) is 14.8. The molecule has 20 heavy (non-hydrogen) atoms. The van der Waals surface area contributed by atoms with Crippen molar-refractivity contribution in [2.24, 2.45) is 0 Å². The Hall–Kier alpha value is -1.93. The number of nitrogens with zero attached hydrogens (tertiary/aromatic N) is 4. The number of hydrogen-bond donors (Lipinski definition) is 0. The van der Waals surface area contributed by atoms with Gasteiger partial charge in [-0.05, 0) is 18.7 Å². The van der Waals surface area contributed by atoms with Crippen molar-refractivity contribution in [2.45, 2.75) is 26.3 Å². The first kappa shape index (κ1) is 16.1. The second-order valence-corrected chi connectivity index (χ2v) is 4.66. The summed E-state index contributed by atoms with van der Waals surface area (Å²) < 4.78 is 0. The first-order valence-corrected chi connectivity index (χ1v) is 6.90. The fraction of sp³-hybridized carbons (Fsp3) is 0.533. The van der Waals surface area contributed by atoms with E-state index in [1.807, 2.05) is 24.3 Å². The standard InChI is InChI=1S/C15H22N4O/c1-3-19(13-14-7-4-5-10-17-14)12-8-15(20)18(2)11-6-9-16/h4-5,7,10H,3,6,8,11-13H2,1-2H3. The second-order valence-electron chi connectivity index (χ2n) is 4.66. The number of aromatic nitrogens is 1. The average molecular weight is 274 g/mol. The van der Waals surface area contributed by atoms with E-state index in [2.05, 4.69) is 16.8 Å². The van der Waals surface area contributed by atoms with Crippen LogP contribution in [0.1, 0.15) is 25.5 Å². The molecule has 1 amide bonds. The van der Waals surface area contributed by atoms with Crippen LogP contribution in [0.3, 0.4) is 0 Å². The van der Waals surface area contributed by atoms with Crippen LogP contribution >= 0.6 is 0 Å². The van der Waals surface area contributed by atoms with E-state index in [9.17, 15) is 4.79 Å². The Balaban J connectivity index is 2.38. The number of nitriles is 1. The molecule has 1 aromatic heterocycles. The summed E-state index contributed by atoms with van der Waals surface area (Å²) in [5.41, 5.74) is 1.01. The molecule has 1 rings (SSSR count). The van der Waals surface area contributed by atoms with Crippen molar-refractivity contribution in [1.82, 2.24) is 14.8 Å². The van der Waals surface area contributed by atoms with E-state index in [-0.39, 0.29) is 5.91 Å². The first-order chi connectivity index (χ1) is 9.67. The van der Waals surface area contributed by atoms with Crippen LogP contribution in [-0.2, 0) is 11.3 Å². The van der Waals surface area contributed by atoms with E-state index < -0.39 is 0 Å². The van der Waals surface area contributed by atoms with Crippen LogP contribution in [-0.4, -0.2) is 47.4 Å². The van der Waals surface area contributed by atoms with Crippen molar-refractivity contribution in [3.8, 4) is 6.07 Å². The molecule has 0 aliphatic rings. The van der Waals surface area contributed by atoms with Gasteiger partial charge in [-0.15, -0.1) is 0 Å². The molecule has 0 fully saturated rings. The van der Waals surface area contributed by atoms with Gasteiger partial charge in [-0.2, -0.15) is 5.26 Å². The minimum Gasteiger partial charge on any atom is -0.345 e. The van der Waals surface area contributed by atoms with Crippen molar-refractivity contribution >= 4 is 5.91 Å². The van der Waals surface area contributed by atoms with E-state index >= 15 is 0 Å². The smallest absolute Gasteiger partial charge is 0.223 e. The average Bonchev–Trinajstić information content (AvgIpc) is 2.49. The molecule has 0 bridgehead atoms. The topological polar surface area (TPSA) is 60.2 Å². The van der Waals surface area contributed by atoms with Crippen LogP contribution in [0.25, 0.3) is 0 Å². The van der Waals surface area contributed by atoms with Crippen molar-refractivity contribution < 1.29 is 4.79 Å². The number of hydrogen-bond acceptors (Lipinski definition) is 4. The predicted molar refractivity (Wildman–Crippen MR) is 77.7 cm³/mol. The molecule has 0 N–H and O–H groups in total. The van der Waals surface area contributed by atoms with Crippen LogP contribution in [0.5, 0.6) is 0 Å². The van der Waals surface area contributed by atoms with Crippen LogP contribution in [0.2, 0.25) is 0 Å². The van der Waals surface area contributed by atoms with Gasteiger partial charge >= 0.3 is 0 Å². The van der Waals surface area contributed by atoms with E-state index in [4.69, 9.17) is 5.26 Å². The fourth-order valence-electron chi connectivity index (χ4n) is 1.86. The molecule has 0 aromatic carbocycles. The molecular formula is C15H22N4O. The van der Waals surface area contributed by atoms with E-state index in [1.54, 1.807) is 18.1 Å². The van der Waals surface area contributed by atoms with E-state index in [1.165, 1.54) is 0 Å². The quantitative estimate of drug-likeness (QED) is 0.723. The van der Waals surface area contributed by atoms with Crippen molar-refractivity contribution in [2.75, 3.05) is 26.7 Å². The number of amides is 1. The maximum atomic E-state index is 11.9. The summed E-state index contributed by atoms with van der Waals surface area (Å²) in [6.07, 6.45) is 2.64. The van der Waals surface area contributed by atoms with E-state index in [0.29, 0.717) is 25.9 Å². The summed E-state index contributed by atoms with van der Waals surface area (Å²) >= 11 is 0. The largest absolute Gasteiger partial charge is 0.345 e. The van der Waals surface area contributed by atoms with Crippen molar-refractivity contribution in [3.05, 3.63) is 30.1 Å². The number of carbonyl (C=O) groups is 1. The van der Waals surface area contributed by atoms with Gasteiger partial charge in [0.2, 0.25) is 5.91 Å². The van der Waals surface area contributed by atoms with Crippen LogP contribution in [0.4, 0.5) is 0 Å². The summed E-state index contributed by atoms with van der Waals surface area (Å²) in [5.74, 6) is 0.0831. The SMILES string of the molecule is CCN(CCC(=O)N(C)CCC#N)Cc1ccccn1. The molecule has 108 valence electrons. The predicted octanol–water partition coefficient (Wildman–Crippen LogP) is 1.67. The Morgan fingerprint density at radius 1 is 1.40 bits per heavy atom. The first-order valence-electron chi connectivity index (χ1n) is 6.90. The Morgan fingerprint density at radius 2 is 2.20 bits per heavy atom. The molecule has 0 unspecified atom stereocenters. The zero-order valence-electron chi connectivity index (χ0n) is 12.2. The zero-order valence-corrected chi connectivity index (χ0v) is 12.2. The van der Waals surface area contributed by atoms with Gasteiger partial charge in [0.25, 0.3) is 0 Å². The van der Waals surface area contributed by atoms with Crippen LogP contribution in [0.15, 0.2) is 24.4 Å². The number of pyridine rings is 1. The maximum absolute atomic E-state index is 11.9. The Bertz CT molecular complexity index is 441. The number of carbonyl (C=O) groups excluding carboxylic acids is 1. The molecule has 0 spiro atoms. The van der Waals surface area contributed by atoms with Crippen molar-refractivity contribution in [3.63, 3.8) is 0 Å². The highest BCUT2D eigenvalue weighted by atomic mass is 16.2. The Morgan fingerprint density at radius 3 is 2.80 bits per heavy atom. The van der Waals surface area contributed by atoms with Gasteiger partial charge in [0.15, 0.2) is 0 Å². The Labute approximate surface area is 120 Å². The minimum absolute atomic E-state index is 0.0831. The van der Waals surface area contributed by atoms with Gasteiger partial charge < -0.3 is 4.90 Å². The molecule has 1 heterocycles. The van der Waals surface area contributed by atoms with Crippen molar-refractivity contribution in [1.29, 1.82) is 5.26 Å². The van der Waals surface area contributed by atoms with Gasteiger partial charge in [-0.25, -0.2) is 0 Å². The molecule has 0 saturated heterocycles. The monoisotopic (exact) mass is 274 g/mol. The summed E-state index contributed by atoms with van der Waals surface area (Å²) in [4.78, 5) is 20.0. The molecule has 0 aliphatic heterocycles. The fourth-order valence-corrected chi connectivity index (χ4v) is 1.86. The van der Waals surface area contributed by atoms with E-state index in [0.717, 1.165) is 18.8 Å². The lowest BCUT2D eigenvalue weighted by Gasteiger charge is -2.21. The summed E-state index contributed by atoms with van der Waals surface area (Å²) in [6, 6.07) is 7.90. The molecule has 1 aromatic rings. The molecular weight excluding hydrogens is 252 g/mol. The lowest BCUT2D eigenvalue weighted by molar-refractivity contribution is -0.130. The minimum atomic E-state index is 0.0831. The third kappa shape index (κ3) is 5.81. The highest BCUT2D eigenvalue weighted by Crippen LogP contribution is 2.03. The normalized spacial score (nSPS) is 10.3. The van der Waals surface area contributed by atoms with Gasteiger partial charge in [-0.1, -0.05) is 13.0 Å². The third-order valence-electron chi connectivity index (χ3n) is 3.19. The Kier molecular flexibility index (Phi) is 7.30. The lowest BCUT2D eigenvalue weighted by Crippen LogP contribution is -2.32. The molecule has 5 nitrogen and oxygen atoms in total. The summed E-state index contributed by atoms with van der Waals surface area (Å²) in [5, 5.41) is 8.51. The third-order valence-corrected chi connectivity index (χ3v) is 3.19. The van der Waals surface area contributed by atoms with Crippen LogP contribution < -0.4 is 0 Å². The lowest BCUT2D eigenvalue weighted by atomic mass is 10.3. The molecule has 0 aliphatic carbocycles. The van der Waals surface area contributed by atoms with Gasteiger partial charge in [0, 0.05) is 39.3 Å². The number of rotatable bonds is 8. The van der Waals surface area contributed by atoms with Gasteiger partial charge in [0.1, 0.15) is 0 Å². The van der Waals surface area contributed by atoms with Gasteiger partial charge in [-0.3, -0.25) is 14.7 Å². The maximum Gasteiger partial charge on any atom is 0.223 e. The summed E-state index contributed by atoms with van der Waals surface area (Å²) in [7, 11) is 1.74. The van der Waals surface area contributed by atoms with Gasteiger partial charge in [0.05, 0.1) is 18.2 Å². The summed E-state index contributed by atoms with van der Waals surface area (Å²) in [6.45, 7) is 4.93. The highest BCUT2D eigenvalue weighted by Gasteiger charge is 2.11. The molecule has 0 atom stereocenters. The molecule has 0 saturated carbocycles. The molecule has 0 radical (unpaired) electrons. The second kappa shape index (κ2) is 9.05. The van der Waals surface area contributed by atoms with Crippen LogP contribution in [0, 0.1) is 11.3 Å². The highest BCUT2D eigenvalue weighted by molar-refractivity contribution is 5.76.